The Labute approximate surface area is 210 Å². The van der Waals surface area contributed by atoms with Gasteiger partial charge in [-0.05, 0) is 54.0 Å². The van der Waals surface area contributed by atoms with Crippen molar-refractivity contribution in [2.45, 2.75) is 77.2 Å². The van der Waals surface area contributed by atoms with Crippen LogP contribution in [0.4, 0.5) is 0 Å². The molecule has 8 bridgehead atoms. The summed E-state index contributed by atoms with van der Waals surface area (Å²) in [6, 6.07) is 0. The van der Waals surface area contributed by atoms with Gasteiger partial charge in [-0.1, -0.05) is 30.4 Å². The number of carbonyl (C=O) groups excluding carboxylic acids is 2. The first kappa shape index (κ1) is 25.1. The summed E-state index contributed by atoms with van der Waals surface area (Å²) < 4.78 is 12.5. The van der Waals surface area contributed by atoms with Crippen molar-refractivity contribution in [3.05, 3.63) is 59.1 Å². The van der Waals surface area contributed by atoms with E-state index in [4.69, 9.17) is 9.47 Å². The highest BCUT2D eigenvalue weighted by atomic mass is 16.8. The Bertz CT molecular complexity index is 1240. The lowest BCUT2D eigenvalue weighted by atomic mass is 9.40. The van der Waals surface area contributed by atoms with Crippen LogP contribution in [0.2, 0.25) is 0 Å². The number of ether oxygens (including phenoxy) is 2. The van der Waals surface area contributed by atoms with E-state index >= 15 is 0 Å². The van der Waals surface area contributed by atoms with Gasteiger partial charge in [0.2, 0.25) is 11.6 Å². The first-order valence-corrected chi connectivity index (χ1v) is 12.4. The largest absolute Gasteiger partial charge is 0.511 e. The second-order valence-corrected chi connectivity index (χ2v) is 11.3. The van der Waals surface area contributed by atoms with Crippen LogP contribution in [0.15, 0.2) is 59.1 Å². The maximum atomic E-state index is 14.3. The molecular weight excluding hydrogens is 464 g/mol. The van der Waals surface area contributed by atoms with Crippen LogP contribution < -0.4 is 0 Å². The molecule has 194 valence electrons. The van der Waals surface area contributed by atoms with Crippen molar-refractivity contribution >= 4 is 11.6 Å². The quantitative estimate of drug-likeness (QED) is 0.189. The number of ketones is 2. The molecular formula is C28H34O8. The Morgan fingerprint density at radius 2 is 1.53 bits per heavy atom. The Morgan fingerprint density at radius 1 is 0.944 bits per heavy atom. The summed E-state index contributed by atoms with van der Waals surface area (Å²) in [5.74, 6) is -8.64. The fourth-order valence-electron chi connectivity index (χ4n) is 8.16. The molecule has 4 fully saturated rings. The van der Waals surface area contributed by atoms with E-state index in [0.29, 0.717) is 6.42 Å². The van der Waals surface area contributed by atoms with Crippen LogP contribution in [0.3, 0.4) is 0 Å². The van der Waals surface area contributed by atoms with Gasteiger partial charge in [-0.3, -0.25) is 9.59 Å². The van der Waals surface area contributed by atoms with E-state index in [-0.39, 0.29) is 29.1 Å². The Morgan fingerprint density at radius 3 is 2.11 bits per heavy atom. The van der Waals surface area contributed by atoms with Crippen LogP contribution in [-0.4, -0.2) is 54.8 Å². The molecule has 0 aromatic carbocycles. The monoisotopic (exact) mass is 498 g/mol. The van der Waals surface area contributed by atoms with Crippen LogP contribution in [0.25, 0.3) is 0 Å². The molecule has 36 heavy (non-hydrogen) atoms. The molecule has 3 aliphatic carbocycles. The van der Waals surface area contributed by atoms with Gasteiger partial charge in [-0.2, -0.15) is 0 Å². The van der Waals surface area contributed by atoms with Crippen LogP contribution in [0.5, 0.6) is 0 Å². The summed E-state index contributed by atoms with van der Waals surface area (Å²) >= 11 is 0. The minimum absolute atomic E-state index is 0.0264. The fourth-order valence-corrected chi connectivity index (χ4v) is 8.16. The first-order chi connectivity index (χ1) is 16.7. The molecule has 0 aromatic heterocycles. The highest BCUT2D eigenvalue weighted by Gasteiger charge is 2.98. The van der Waals surface area contributed by atoms with E-state index < -0.39 is 57.0 Å². The van der Waals surface area contributed by atoms with Crippen molar-refractivity contribution < 1.29 is 39.5 Å². The molecule has 0 unspecified atom stereocenters. The average Bonchev–Trinajstić information content (AvgIpc) is 3.12. The zero-order valence-corrected chi connectivity index (χ0v) is 21.5. The standard InChI is InChI=1S/C28H34O8/c1-7-9-11-13-15(29)17-19-23(3)22(32)18(16(30)14-12-10-8-2)20-24(4,21(17)31)28(34)25(19,5)35-27(23,33)26(20,6)36-28/h7-11,13,19-20,29,32-34H,12,14H2,1-6H3/b9-7+,10-8+,13-11+,17-15?/t19-,20-,23-,24+,25+,26+,27-,28-/m1/s1. The molecule has 5 aliphatic rings. The lowest BCUT2D eigenvalue weighted by Crippen LogP contribution is -2.72. The number of hydrogen-bond donors (Lipinski definition) is 4. The molecule has 2 aliphatic heterocycles. The third-order valence-electron chi connectivity index (χ3n) is 9.68. The zero-order valence-electron chi connectivity index (χ0n) is 21.5. The minimum Gasteiger partial charge on any atom is -0.511 e. The lowest BCUT2D eigenvalue weighted by Gasteiger charge is -2.58. The van der Waals surface area contributed by atoms with Gasteiger partial charge in [0.05, 0.1) is 10.8 Å². The minimum atomic E-state index is -2.24. The van der Waals surface area contributed by atoms with Crippen molar-refractivity contribution in [2.24, 2.45) is 22.7 Å². The number of rotatable bonds is 6. The molecule has 0 amide bonds. The van der Waals surface area contributed by atoms with Gasteiger partial charge in [0.1, 0.15) is 22.7 Å². The molecule has 2 heterocycles. The zero-order chi connectivity index (χ0) is 26.7. The normalized spacial score (nSPS) is 50.1. The molecule has 0 spiro atoms. The average molecular weight is 499 g/mol. The maximum absolute atomic E-state index is 14.3. The first-order valence-electron chi connectivity index (χ1n) is 12.4. The third kappa shape index (κ3) is 2.19. The summed E-state index contributed by atoms with van der Waals surface area (Å²) in [4.78, 5) is 28.0. The van der Waals surface area contributed by atoms with Crippen LogP contribution >= 0.6 is 0 Å². The molecule has 2 saturated carbocycles. The van der Waals surface area contributed by atoms with Gasteiger partial charge >= 0.3 is 0 Å². The number of Topliss-reactive ketones (excluding diaryl/α,β-unsaturated/α-hetero) is 2. The summed E-state index contributed by atoms with van der Waals surface area (Å²) in [6.45, 7) is 9.66. The molecule has 5 rings (SSSR count). The number of allylic oxidation sites excluding steroid dienone is 6. The van der Waals surface area contributed by atoms with Gasteiger partial charge < -0.3 is 29.9 Å². The molecule has 4 N–H and O–H groups in total. The fraction of sp³-hybridized carbons (Fsp3) is 0.571. The van der Waals surface area contributed by atoms with E-state index in [9.17, 15) is 30.0 Å². The SMILES string of the molecule is C/C=C/C=C/C(O)=C1C(=O)[C@]2(C)[C@H]3C(C(=O)CC/C=C/C)=C(O)[C@@]4(C)[C@@H]1[C@]1(C)O[C@@]4(O)[C@@]3(C)O[C@@]12O. The van der Waals surface area contributed by atoms with E-state index in [1.54, 1.807) is 25.2 Å². The summed E-state index contributed by atoms with van der Waals surface area (Å²) in [7, 11) is 0. The van der Waals surface area contributed by atoms with Gasteiger partial charge in [0.15, 0.2) is 11.6 Å². The summed E-state index contributed by atoms with van der Waals surface area (Å²) in [5, 5.41) is 47.4. The van der Waals surface area contributed by atoms with Crippen LogP contribution in [0, 0.1) is 22.7 Å². The smallest absolute Gasteiger partial charge is 0.210 e. The lowest BCUT2D eigenvalue weighted by molar-refractivity contribution is -0.451. The van der Waals surface area contributed by atoms with E-state index in [2.05, 4.69) is 0 Å². The highest BCUT2D eigenvalue weighted by Crippen LogP contribution is 2.84. The van der Waals surface area contributed by atoms with Crippen molar-refractivity contribution in [1.29, 1.82) is 0 Å². The van der Waals surface area contributed by atoms with Gasteiger partial charge in [-0.25, -0.2) is 0 Å². The van der Waals surface area contributed by atoms with Gasteiger partial charge in [-0.15, -0.1) is 0 Å². The summed E-state index contributed by atoms with van der Waals surface area (Å²) in [5.41, 5.74) is -7.18. The van der Waals surface area contributed by atoms with Crippen LogP contribution in [-0.2, 0) is 19.1 Å². The van der Waals surface area contributed by atoms with Crippen molar-refractivity contribution in [3.8, 4) is 0 Å². The van der Waals surface area contributed by atoms with Crippen molar-refractivity contribution in [3.63, 3.8) is 0 Å². The van der Waals surface area contributed by atoms with E-state index in [1.165, 1.54) is 33.8 Å². The highest BCUT2D eigenvalue weighted by molar-refractivity contribution is 6.08. The Balaban J connectivity index is 1.89. The van der Waals surface area contributed by atoms with Gasteiger partial charge in [0, 0.05) is 29.4 Å². The molecule has 8 heteroatoms. The molecule has 0 aromatic rings. The second kappa shape index (κ2) is 7.07. The number of hydrogen-bond acceptors (Lipinski definition) is 8. The predicted octanol–water partition coefficient (Wildman–Crippen LogP) is 3.48. The van der Waals surface area contributed by atoms with Crippen molar-refractivity contribution in [2.75, 3.05) is 0 Å². The predicted molar refractivity (Wildman–Crippen MR) is 129 cm³/mol. The molecule has 8 atom stereocenters. The van der Waals surface area contributed by atoms with Crippen LogP contribution in [0.1, 0.15) is 54.4 Å². The number of aliphatic hydroxyl groups excluding tert-OH is 2. The van der Waals surface area contributed by atoms with Gasteiger partial charge in [0.25, 0.3) is 0 Å². The molecule has 2 saturated heterocycles. The topological polar surface area (TPSA) is 134 Å². The van der Waals surface area contributed by atoms with Crippen molar-refractivity contribution in [1.82, 2.24) is 0 Å². The number of aliphatic hydroxyl groups is 4. The molecule has 0 radical (unpaired) electrons. The van der Waals surface area contributed by atoms with E-state index in [0.717, 1.165) is 0 Å². The summed E-state index contributed by atoms with van der Waals surface area (Å²) in [6.07, 6.45) is 10.5. The number of carbonyl (C=O) groups is 2. The molecule has 8 nitrogen and oxygen atoms in total. The second-order valence-electron chi connectivity index (χ2n) is 11.3. The Kier molecular flexibility index (Phi) is 4.94. The maximum Gasteiger partial charge on any atom is 0.210 e. The third-order valence-corrected chi connectivity index (χ3v) is 9.68. The Hall–Kier alpha value is -2.52. The van der Waals surface area contributed by atoms with E-state index in [1.807, 2.05) is 19.1 Å².